The van der Waals surface area contributed by atoms with Gasteiger partial charge < -0.3 is 20.1 Å². The van der Waals surface area contributed by atoms with Gasteiger partial charge in [-0.15, -0.1) is 0 Å². The molecule has 28 heavy (non-hydrogen) atoms. The molecule has 2 aliphatic rings. The third-order valence-corrected chi connectivity index (χ3v) is 5.38. The van der Waals surface area contributed by atoms with Crippen molar-refractivity contribution in [2.75, 3.05) is 49.5 Å². The molecule has 6 heteroatoms. The number of ether oxygens (including phenoxy) is 1. The summed E-state index contributed by atoms with van der Waals surface area (Å²) >= 11 is 0. The third-order valence-electron chi connectivity index (χ3n) is 5.38. The number of amides is 1. The van der Waals surface area contributed by atoms with E-state index in [4.69, 9.17) is 4.74 Å². The van der Waals surface area contributed by atoms with Gasteiger partial charge in [0, 0.05) is 56.6 Å². The summed E-state index contributed by atoms with van der Waals surface area (Å²) in [6, 6.07) is 16.2. The van der Waals surface area contributed by atoms with Gasteiger partial charge in [-0.2, -0.15) is 0 Å². The number of β-amino-alcohol motifs (C(OH)–C–C–N with tert-alkyl or cyclic N) is 1. The maximum atomic E-state index is 11.5. The third kappa shape index (κ3) is 4.64. The summed E-state index contributed by atoms with van der Waals surface area (Å²) in [7, 11) is 0. The molecule has 1 amide bonds. The number of para-hydroxylation sites is 1. The van der Waals surface area contributed by atoms with Crippen molar-refractivity contribution in [3.63, 3.8) is 0 Å². The second-order valence-electron chi connectivity index (χ2n) is 7.46. The maximum Gasteiger partial charge on any atom is 0.224 e. The minimum Gasteiger partial charge on any atom is -0.491 e. The fraction of sp³-hybridized carbons (Fsp3) is 0.409. The lowest BCUT2D eigenvalue weighted by Crippen LogP contribution is -2.49. The molecular weight excluding hydrogens is 354 g/mol. The summed E-state index contributed by atoms with van der Waals surface area (Å²) in [5, 5.41) is 13.3. The van der Waals surface area contributed by atoms with Gasteiger partial charge in [0.25, 0.3) is 0 Å². The zero-order valence-corrected chi connectivity index (χ0v) is 16.0. The Morgan fingerprint density at radius 1 is 1.04 bits per heavy atom. The standard InChI is InChI=1S/C22H27N3O3/c26-19(15-24-10-12-25(13-11-24)18-4-2-1-3-5-18)16-28-20-8-6-17-7-9-22(27)23-21(17)14-20/h1-6,8,14,19,26H,7,9-13,15-16H2,(H,23,27). The van der Waals surface area contributed by atoms with Crippen LogP contribution in [0.2, 0.25) is 0 Å². The smallest absolute Gasteiger partial charge is 0.224 e. The van der Waals surface area contributed by atoms with Crippen molar-refractivity contribution in [3.8, 4) is 5.75 Å². The van der Waals surface area contributed by atoms with E-state index in [-0.39, 0.29) is 12.5 Å². The summed E-state index contributed by atoms with van der Waals surface area (Å²) < 4.78 is 5.76. The van der Waals surface area contributed by atoms with Crippen LogP contribution < -0.4 is 15.0 Å². The number of carbonyl (C=O) groups excluding carboxylic acids is 1. The average molecular weight is 381 g/mol. The van der Waals surface area contributed by atoms with E-state index in [0.29, 0.717) is 18.7 Å². The van der Waals surface area contributed by atoms with E-state index < -0.39 is 6.10 Å². The van der Waals surface area contributed by atoms with E-state index in [1.54, 1.807) is 0 Å². The second kappa shape index (κ2) is 8.63. The number of hydrogen-bond donors (Lipinski definition) is 2. The van der Waals surface area contributed by atoms with Crippen molar-refractivity contribution < 1.29 is 14.6 Å². The Bertz CT molecular complexity index is 804. The molecule has 2 heterocycles. The van der Waals surface area contributed by atoms with Crippen molar-refractivity contribution in [2.24, 2.45) is 0 Å². The Hall–Kier alpha value is -2.57. The van der Waals surface area contributed by atoms with E-state index in [9.17, 15) is 9.90 Å². The molecule has 1 saturated heterocycles. The molecular formula is C22H27N3O3. The first-order valence-corrected chi connectivity index (χ1v) is 9.93. The number of hydrogen-bond acceptors (Lipinski definition) is 5. The summed E-state index contributed by atoms with van der Waals surface area (Å²) in [4.78, 5) is 16.2. The van der Waals surface area contributed by atoms with Crippen LogP contribution in [0.15, 0.2) is 48.5 Å². The highest BCUT2D eigenvalue weighted by molar-refractivity contribution is 5.94. The van der Waals surface area contributed by atoms with Gasteiger partial charge in [-0.05, 0) is 30.2 Å². The number of benzene rings is 2. The molecule has 0 spiro atoms. The van der Waals surface area contributed by atoms with Crippen LogP contribution in [-0.2, 0) is 11.2 Å². The Morgan fingerprint density at radius 3 is 2.61 bits per heavy atom. The van der Waals surface area contributed by atoms with Gasteiger partial charge in [0.1, 0.15) is 18.5 Å². The SMILES string of the molecule is O=C1CCc2ccc(OCC(O)CN3CCN(c4ccccc4)CC3)cc2N1. The average Bonchev–Trinajstić information content (AvgIpc) is 2.73. The van der Waals surface area contributed by atoms with E-state index in [1.165, 1.54) is 5.69 Å². The molecule has 0 aliphatic carbocycles. The quantitative estimate of drug-likeness (QED) is 0.803. The van der Waals surface area contributed by atoms with Crippen molar-refractivity contribution in [1.29, 1.82) is 0 Å². The van der Waals surface area contributed by atoms with E-state index in [0.717, 1.165) is 43.9 Å². The van der Waals surface area contributed by atoms with Crippen LogP contribution in [0.1, 0.15) is 12.0 Å². The van der Waals surface area contributed by atoms with Crippen LogP contribution in [0.5, 0.6) is 5.75 Å². The monoisotopic (exact) mass is 381 g/mol. The van der Waals surface area contributed by atoms with Gasteiger partial charge in [-0.25, -0.2) is 0 Å². The highest BCUT2D eigenvalue weighted by atomic mass is 16.5. The normalized spacial score (nSPS) is 18.3. The summed E-state index contributed by atoms with van der Waals surface area (Å²) in [6.45, 7) is 4.62. The number of carbonyl (C=O) groups is 1. The molecule has 0 radical (unpaired) electrons. The topological polar surface area (TPSA) is 65.0 Å². The molecule has 1 unspecified atom stereocenters. The van der Waals surface area contributed by atoms with Gasteiger partial charge >= 0.3 is 0 Å². The van der Waals surface area contributed by atoms with Gasteiger partial charge in [-0.3, -0.25) is 9.69 Å². The minimum absolute atomic E-state index is 0.0410. The lowest BCUT2D eigenvalue weighted by Gasteiger charge is -2.36. The van der Waals surface area contributed by atoms with Crippen LogP contribution in [-0.4, -0.2) is 61.3 Å². The lowest BCUT2D eigenvalue weighted by molar-refractivity contribution is -0.116. The van der Waals surface area contributed by atoms with Crippen molar-refractivity contribution in [2.45, 2.75) is 18.9 Å². The molecule has 6 nitrogen and oxygen atoms in total. The number of rotatable bonds is 6. The zero-order chi connectivity index (χ0) is 19.3. The number of piperazine rings is 1. The molecule has 0 saturated carbocycles. The summed E-state index contributed by atoms with van der Waals surface area (Å²) in [5.41, 5.74) is 3.20. The largest absolute Gasteiger partial charge is 0.491 e. The first kappa shape index (κ1) is 18.8. The van der Waals surface area contributed by atoms with E-state index in [2.05, 4.69) is 39.4 Å². The number of aliphatic hydroxyl groups is 1. The highest BCUT2D eigenvalue weighted by Gasteiger charge is 2.20. The van der Waals surface area contributed by atoms with Crippen LogP contribution in [0.25, 0.3) is 0 Å². The minimum atomic E-state index is -0.547. The zero-order valence-electron chi connectivity index (χ0n) is 16.0. The molecule has 4 rings (SSSR count). The molecule has 0 bridgehead atoms. The van der Waals surface area contributed by atoms with Gasteiger partial charge in [0.2, 0.25) is 5.91 Å². The van der Waals surface area contributed by atoms with Crippen molar-refractivity contribution >= 4 is 17.3 Å². The Balaban J connectivity index is 1.23. The first-order valence-electron chi connectivity index (χ1n) is 9.93. The molecule has 148 valence electrons. The van der Waals surface area contributed by atoms with E-state index >= 15 is 0 Å². The number of nitrogens with zero attached hydrogens (tertiary/aromatic N) is 2. The number of anilines is 2. The van der Waals surface area contributed by atoms with Gasteiger partial charge in [-0.1, -0.05) is 24.3 Å². The fourth-order valence-corrected chi connectivity index (χ4v) is 3.81. The molecule has 1 fully saturated rings. The fourth-order valence-electron chi connectivity index (χ4n) is 3.81. The summed E-state index contributed by atoms with van der Waals surface area (Å²) in [6.07, 6.45) is 0.747. The highest BCUT2D eigenvalue weighted by Crippen LogP contribution is 2.27. The second-order valence-corrected chi connectivity index (χ2v) is 7.46. The Labute approximate surface area is 165 Å². The van der Waals surface area contributed by atoms with Crippen LogP contribution in [0.3, 0.4) is 0 Å². The van der Waals surface area contributed by atoms with Crippen LogP contribution >= 0.6 is 0 Å². The number of nitrogens with one attached hydrogen (secondary N) is 1. The van der Waals surface area contributed by atoms with Crippen LogP contribution in [0.4, 0.5) is 11.4 Å². The van der Waals surface area contributed by atoms with Gasteiger partial charge in [0.15, 0.2) is 0 Å². The van der Waals surface area contributed by atoms with Gasteiger partial charge in [0.05, 0.1) is 0 Å². The molecule has 2 aromatic rings. The van der Waals surface area contributed by atoms with E-state index in [1.807, 2.05) is 24.3 Å². The van der Waals surface area contributed by atoms with Crippen LogP contribution in [0, 0.1) is 0 Å². The number of aliphatic hydroxyl groups excluding tert-OH is 1. The predicted molar refractivity (Wildman–Crippen MR) is 110 cm³/mol. The van der Waals surface area contributed by atoms with Crippen molar-refractivity contribution in [3.05, 3.63) is 54.1 Å². The molecule has 2 N–H and O–H groups in total. The Morgan fingerprint density at radius 2 is 1.82 bits per heavy atom. The first-order chi connectivity index (χ1) is 13.7. The Kier molecular flexibility index (Phi) is 5.78. The molecule has 2 aromatic carbocycles. The summed E-state index contributed by atoms with van der Waals surface area (Å²) in [5.74, 6) is 0.716. The molecule has 0 aromatic heterocycles. The number of fused-ring (bicyclic) bond motifs is 1. The number of aryl methyl sites for hydroxylation is 1. The van der Waals surface area contributed by atoms with Crippen molar-refractivity contribution in [1.82, 2.24) is 4.90 Å². The predicted octanol–water partition coefficient (Wildman–Crippen LogP) is 2.13. The molecule has 1 atom stereocenters. The maximum absolute atomic E-state index is 11.5. The lowest BCUT2D eigenvalue weighted by atomic mass is 10.0. The molecule has 2 aliphatic heterocycles.